The molecule has 0 aliphatic rings. The number of para-hydroxylation sites is 1. The Hall–Kier alpha value is -3.18. The van der Waals surface area contributed by atoms with Crippen molar-refractivity contribution in [1.29, 1.82) is 0 Å². The summed E-state index contributed by atoms with van der Waals surface area (Å²) in [5, 5.41) is 9.11. The molecule has 0 bridgehead atoms. The van der Waals surface area contributed by atoms with Crippen molar-refractivity contribution in [2.45, 2.75) is 12.1 Å². The van der Waals surface area contributed by atoms with Gasteiger partial charge < -0.3 is 14.2 Å². The summed E-state index contributed by atoms with van der Waals surface area (Å²) in [5.74, 6) is 7.78. The van der Waals surface area contributed by atoms with Gasteiger partial charge in [0, 0.05) is 5.56 Å². The predicted molar refractivity (Wildman–Crippen MR) is 111 cm³/mol. The maximum atomic E-state index is 14.6. The minimum Gasteiger partial charge on any atom is -0.493 e. The lowest BCUT2D eigenvalue weighted by Crippen LogP contribution is -2.03. The number of thioether (sulfide) groups is 1. The lowest BCUT2D eigenvalue weighted by atomic mass is 10.1. The van der Waals surface area contributed by atoms with E-state index in [0.29, 0.717) is 45.2 Å². The van der Waals surface area contributed by atoms with Crippen LogP contribution in [0.4, 0.5) is 4.39 Å². The largest absolute Gasteiger partial charge is 0.493 e. The van der Waals surface area contributed by atoms with Crippen LogP contribution >= 0.6 is 11.8 Å². The monoisotopic (exact) mass is 413 g/mol. The Labute approximate surface area is 173 Å². The maximum Gasteiger partial charge on any atom is 0.203 e. The average Bonchev–Trinajstić information content (AvgIpc) is 3.16. The van der Waals surface area contributed by atoms with Crippen molar-refractivity contribution in [2.75, 3.05) is 27.1 Å². The third-order valence-electron chi connectivity index (χ3n) is 4.10. The molecule has 0 spiro atoms. The van der Waals surface area contributed by atoms with Crippen molar-refractivity contribution in [3.05, 3.63) is 42.2 Å². The highest BCUT2D eigenvalue weighted by Gasteiger charge is 2.22. The normalized spacial score (nSPS) is 10.2. The van der Waals surface area contributed by atoms with E-state index < -0.39 is 0 Å². The van der Waals surface area contributed by atoms with Gasteiger partial charge >= 0.3 is 0 Å². The van der Waals surface area contributed by atoms with Crippen molar-refractivity contribution >= 4 is 11.8 Å². The van der Waals surface area contributed by atoms with E-state index in [1.807, 2.05) is 0 Å². The standard InChI is InChI=1S/C21H20FN3O3S/c1-5-6-11-29-21-24-23-20(25(21)16-10-8-7-9-15(16)22)14-12-17(26-2)19(28-4)18(13-14)27-3/h7-10,12-13H,11H2,1-4H3. The Morgan fingerprint density at radius 1 is 1.03 bits per heavy atom. The summed E-state index contributed by atoms with van der Waals surface area (Å²) in [7, 11) is 4.60. The highest BCUT2D eigenvalue weighted by molar-refractivity contribution is 7.99. The average molecular weight is 413 g/mol. The van der Waals surface area contributed by atoms with Crippen molar-refractivity contribution < 1.29 is 18.6 Å². The lowest BCUT2D eigenvalue weighted by molar-refractivity contribution is 0.324. The van der Waals surface area contributed by atoms with Crippen LogP contribution < -0.4 is 14.2 Å². The molecular weight excluding hydrogens is 393 g/mol. The first-order chi connectivity index (χ1) is 14.1. The number of aromatic nitrogens is 3. The molecule has 0 fully saturated rings. The zero-order valence-electron chi connectivity index (χ0n) is 16.5. The Morgan fingerprint density at radius 2 is 1.72 bits per heavy atom. The summed E-state index contributed by atoms with van der Waals surface area (Å²) in [6.45, 7) is 1.77. The van der Waals surface area contributed by atoms with Crippen LogP contribution in [0.2, 0.25) is 0 Å². The highest BCUT2D eigenvalue weighted by Crippen LogP contribution is 2.41. The fourth-order valence-corrected chi connectivity index (χ4v) is 3.54. The van der Waals surface area contributed by atoms with Crippen molar-refractivity contribution in [1.82, 2.24) is 14.8 Å². The molecule has 0 aliphatic carbocycles. The number of benzene rings is 2. The number of methoxy groups -OCH3 is 3. The summed E-state index contributed by atoms with van der Waals surface area (Å²) < 4.78 is 32.6. The number of hydrogen-bond donors (Lipinski definition) is 0. The maximum absolute atomic E-state index is 14.6. The predicted octanol–water partition coefficient (Wildman–Crippen LogP) is 4.21. The molecule has 8 heteroatoms. The minimum atomic E-state index is -0.385. The summed E-state index contributed by atoms with van der Waals surface area (Å²) >= 11 is 1.38. The van der Waals surface area contributed by atoms with Crippen LogP contribution in [0.15, 0.2) is 41.6 Å². The highest BCUT2D eigenvalue weighted by atomic mass is 32.2. The zero-order chi connectivity index (χ0) is 20.8. The number of halogens is 1. The van der Waals surface area contributed by atoms with Gasteiger partial charge in [0.2, 0.25) is 5.75 Å². The molecule has 0 unspecified atom stereocenters. The Kier molecular flexibility index (Phi) is 6.62. The molecule has 0 amide bonds. The second-order valence-corrected chi connectivity index (χ2v) is 6.66. The van der Waals surface area contributed by atoms with Crippen LogP contribution in [0, 0.1) is 17.7 Å². The molecule has 0 atom stereocenters. The molecule has 1 heterocycles. The van der Waals surface area contributed by atoms with Crippen LogP contribution in [-0.2, 0) is 0 Å². The van der Waals surface area contributed by atoms with E-state index in [4.69, 9.17) is 14.2 Å². The van der Waals surface area contributed by atoms with Gasteiger partial charge in [-0.25, -0.2) is 4.39 Å². The molecule has 2 aromatic carbocycles. The Bertz CT molecular complexity index is 1050. The molecule has 0 aliphatic heterocycles. The molecule has 150 valence electrons. The number of nitrogens with zero attached hydrogens (tertiary/aromatic N) is 3. The molecule has 29 heavy (non-hydrogen) atoms. The Balaban J connectivity index is 2.22. The van der Waals surface area contributed by atoms with Gasteiger partial charge in [0.15, 0.2) is 22.5 Å². The van der Waals surface area contributed by atoms with E-state index >= 15 is 0 Å². The second-order valence-electron chi connectivity index (χ2n) is 5.72. The molecule has 0 saturated heterocycles. The summed E-state index contributed by atoms with van der Waals surface area (Å²) in [5.41, 5.74) is 0.983. The van der Waals surface area contributed by atoms with E-state index in [2.05, 4.69) is 22.0 Å². The van der Waals surface area contributed by atoms with Crippen molar-refractivity contribution in [3.63, 3.8) is 0 Å². The van der Waals surface area contributed by atoms with Crippen LogP contribution in [-0.4, -0.2) is 41.8 Å². The second kappa shape index (κ2) is 9.34. The number of ether oxygens (including phenoxy) is 3. The van der Waals surface area contributed by atoms with Gasteiger partial charge in [0.1, 0.15) is 5.82 Å². The molecule has 3 aromatic rings. The van der Waals surface area contributed by atoms with Gasteiger partial charge in [-0.05, 0) is 31.2 Å². The van der Waals surface area contributed by atoms with Crippen LogP contribution in [0.1, 0.15) is 6.92 Å². The lowest BCUT2D eigenvalue weighted by Gasteiger charge is -2.15. The van der Waals surface area contributed by atoms with Gasteiger partial charge in [0.05, 0.1) is 32.8 Å². The molecule has 0 radical (unpaired) electrons. The van der Waals surface area contributed by atoms with Gasteiger partial charge in [-0.15, -0.1) is 16.1 Å². The summed E-state index contributed by atoms with van der Waals surface area (Å²) in [6, 6.07) is 9.98. The minimum absolute atomic E-state index is 0.341. The zero-order valence-corrected chi connectivity index (χ0v) is 17.3. The first-order valence-electron chi connectivity index (χ1n) is 8.67. The van der Waals surface area contributed by atoms with Crippen LogP contribution in [0.5, 0.6) is 17.2 Å². The first kappa shape index (κ1) is 20.6. The SMILES string of the molecule is CC#CCSc1nnc(-c2cc(OC)c(OC)c(OC)c2)n1-c1ccccc1F. The van der Waals surface area contributed by atoms with Crippen LogP contribution in [0.3, 0.4) is 0 Å². The molecule has 3 rings (SSSR count). The fourth-order valence-electron chi connectivity index (χ4n) is 2.78. The first-order valence-corrected chi connectivity index (χ1v) is 9.66. The van der Waals surface area contributed by atoms with E-state index in [9.17, 15) is 4.39 Å². The quantitative estimate of drug-likeness (QED) is 0.427. The third kappa shape index (κ3) is 4.15. The molecule has 0 saturated carbocycles. The Morgan fingerprint density at radius 3 is 2.31 bits per heavy atom. The topological polar surface area (TPSA) is 58.4 Å². The fraction of sp³-hybridized carbons (Fsp3) is 0.238. The van der Waals surface area contributed by atoms with Gasteiger partial charge in [0.25, 0.3) is 0 Å². The number of rotatable bonds is 7. The summed E-state index contributed by atoms with van der Waals surface area (Å²) in [4.78, 5) is 0. The van der Waals surface area contributed by atoms with Gasteiger partial charge in [-0.2, -0.15) is 0 Å². The summed E-state index contributed by atoms with van der Waals surface area (Å²) in [6.07, 6.45) is 0. The number of hydrogen-bond acceptors (Lipinski definition) is 6. The van der Waals surface area contributed by atoms with Gasteiger partial charge in [-0.3, -0.25) is 4.57 Å². The molecule has 6 nitrogen and oxygen atoms in total. The smallest absolute Gasteiger partial charge is 0.203 e. The van der Waals surface area contributed by atoms with E-state index in [1.165, 1.54) is 39.2 Å². The third-order valence-corrected chi connectivity index (χ3v) is 4.91. The van der Waals surface area contributed by atoms with E-state index in [0.717, 1.165) is 0 Å². The van der Waals surface area contributed by atoms with Crippen LogP contribution in [0.25, 0.3) is 17.1 Å². The molecular formula is C21H20FN3O3S. The molecule has 1 aromatic heterocycles. The van der Waals surface area contributed by atoms with Crippen molar-refractivity contribution in [2.24, 2.45) is 0 Å². The van der Waals surface area contributed by atoms with E-state index in [1.54, 1.807) is 41.8 Å². The van der Waals surface area contributed by atoms with E-state index in [-0.39, 0.29) is 5.82 Å². The van der Waals surface area contributed by atoms with Gasteiger partial charge in [-0.1, -0.05) is 29.8 Å². The van der Waals surface area contributed by atoms with Crippen molar-refractivity contribution in [3.8, 4) is 46.2 Å². The molecule has 0 N–H and O–H groups in total.